The third-order valence-corrected chi connectivity index (χ3v) is 3.15. The lowest BCUT2D eigenvalue weighted by molar-refractivity contribution is -0.385. The summed E-state index contributed by atoms with van der Waals surface area (Å²) in [6.45, 7) is 5.09. The zero-order valence-corrected chi connectivity index (χ0v) is 12.0. The molecule has 0 fully saturated rings. The van der Waals surface area contributed by atoms with Gasteiger partial charge in [0.25, 0.3) is 5.69 Å². The van der Waals surface area contributed by atoms with Crippen LogP contribution in [0.4, 0.5) is 5.69 Å². The molecule has 0 radical (unpaired) electrons. The topological polar surface area (TPSA) is 85.5 Å². The van der Waals surface area contributed by atoms with E-state index in [-0.39, 0.29) is 11.6 Å². The number of nitro groups is 1. The predicted octanol–water partition coefficient (Wildman–Crippen LogP) is 3.45. The first-order chi connectivity index (χ1) is 9.90. The summed E-state index contributed by atoms with van der Waals surface area (Å²) in [5.41, 5.74) is 1.85. The van der Waals surface area contributed by atoms with Gasteiger partial charge < -0.3 is 9.84 Å². The highest BCUT2D eigenvalue weighted by atomic mass is 16.6. The molecule has 0 unspecified atom stereocenters. The minimum Gasteiger partial charge on any atom is -0.438 e. The van der Waals surface area contributed by atoms with Crippen molar-refractivity contribution >= 4 is 5.69 Å². The molecule has 1 aromatic carbocycles. The average Bonchev–Trinajstić information content (AvgIpc) is 2.41. The summed E-state index contributed by atoms with van der Waals surface area (Å²) in [6.07, 6.45) is 0.800. The van der Waals surface area contributed by atoms with Crippen LogP contribution in [-0.2, 0) is 0 Å². The molecule has 6 heteroatoms. The fourth-order valence-corrected chi connectivity index (χ4v) is 2.04. The molecule has 0 aliphatic rings. The Kier molecular flexibility index (Phi) is 4.18. The Balaban J connectivity index is 2.45. The van der Waals surface area contributed by atoms with E-state index in [2.05, 4.69) is 4.98 Å². The second-order valence-corrected chi connectivity index (χ2v) is 4.84. The monoisotopic (exact) mass is 288 g/mol. The Morgan fingerprint density at radius 3 is 2.67 bits per heavy atom. The number of nitrogens with zero attached hydrogens (tertiary/aromatic N) is 2. The third-order valence-electron chi connectivity index (χ3n) is 3.15. The zero-order chi connectivity index (χ0) is 15.6. The molecular weight excluding hydrogens is 272 g/mol. The summed E-state index contributed by atoms with van der Waals surface area (Å²) in [7, 11) is 0. The molecule has 0 amide bonds. The van der Waals surface area contributed by atoms with Crippen LogP contribution in [0.25, 0.3) is 0 Å². The van der Waals surface area contributed by atoms with E-state index >= 15 is 0 Å². The number of aliphatic hydroxyl groups is 1. The number of ether oxygens (including phenoxy) is 1. The van der Waals surface area contributed by atoms with Gasteiger partial charge in [0, 0.05) is 17.3 Å². The summed E-state index contributed by atoms with van der Waals surface area (Å²) >= 11 is 0. The molecule has 0 saturated heterocycles. The Labute approximate surface area is 122 Å². The van der Waals surface area contributed by atoms with Crippen molar-refractivity contribution in [1.82, 2.24) is 4.98 Å². The van der Waals surface area contributed by atoms with Gasteiger partial charge in [-0.15, -0.1) is 0 Å². The molecule has 6 nitrogen and oxygen atoms in total. The molecule has 1 N–H and O–H groups in total. The van der Waals surface area contributed by atoms with Crippen molar-refractivity contribution in [2.45, 2.75) is 26.9 Å². The van der Waals surface area contributed by atoms with Gasteiger partial charge in [-0.3, -0.25) is 10.1 Å². The van der Waals surface area contributed by atoms with Gasteiger partial charge in [0.05, 0.1) is 17.1 Å². The van der Waals surface area contributed by atoms with E-state index in [0.29, 0.717) is 16.9 Å². The average molecular weight is 288 g/mol. The molecule has 0 spiro atoms. The molecule has 21 heavy (non-hydrogen) atoms. The smallest absolute Gasteiger partial charge is 0.276 e. The molecule has 0 aliphatic heterocycles. The van der Waals surface area contributed by atoms with Crippen molar-refractivity contribution in [3.05, 3.63) is 57.3 Å². The molecule has 0 aliphatic carbocycles. The highest BCUT2D eigenvalue weighted by Crippen LogP contribution is 2.33. The maximum atomic E-state index is 11.0. The Morgan fingerprint density at radius 2 is 2.05 bits per heavy atom. The van der Waals surface area contributed by atoms with Crippen molar-refractivity contribution in [2.75, 3.05) is 0 Å². The quantitative estimate of drug-likeness (QED) is 0.688. The van der Waals surface area contributed by atoms with Crippen LogP contribution >= 0.6 is 0 Å². The molecule has 0 saturated carbocycles. The summed E-state index contributed by atoms with van der Waals surface area (Å²) in [5.74, 6) is 0.599. The summed E-state index contributed by atoms with van der Waals surface area (Å²) in [5, 5.41) is 20.7. The number of pyridine rings is 1. The standard InChI is InChI=1S/C15H16N2O4/c1-9-7-10(2)14(8-13(9)17(19)20)21-15-12(11(3)18)5-4-6-16-15/h4-8,11,18H,1-3H3/t11-/m0/s1. The number of rotatable bonds is 4. The minimum atomic E-state index is -0.741. The van der Waals surface area contributed by atoms with Gasteiger partial charge in [0.15, 0.2) is 0 Å². The minimum absolute atomic E-state index is 0.00914. The number of aliphatic hydroxyl groups excluding tert-OH is 1. The van der Waals surface area contributed by atoms with Crippen LogP contribution in [0.3, 0.4) is 0 Å². The molecule has 110 valence electrons. The van der Waals surface area contributed by atoms with E-state index in [0.717, 1.165) is 5.56 Å². The van der Waals surface area contributed by atoms with Crippen molar-refractivity contribution in [3.63, 3.8) is 0 Å². The van der Waals surface area contributed by atoms with Crippen molar-refractivity contribution in [1.29, 1.82) is 0 Å². The molecule has 0 bridgehead atoms. The highest BCUT2D eigenvalue weighted by Gasteiger charge is 2.17. The van der Waals surface area contributed by atoms with Crippen LogP contribution in [0.1, 0.15) is 29.7 Å². The molecule has 2 aromatic rings. The lowest BCUT2D eigenvalue weighted by Crippen LogP contribution is -2.00. The van der Waals surface area contributed by atoms with Crippen LogP contribution in [0, 0.1) is 24.0 Å². The van der Waals surface area contributed by atoms with Crippen LogP contribution in [-0.4, -0.2) is 15.0 Å². The third kappa shape index (κ3) is 3.17. The summed E-state index contributed by atoms with van der Waals surface area (Å²) in [6, 6.07) is 6.47. The van der Waals surface area contributed by atoms with Crippen molar-refractivity contribution in [3.8, 4) is 11.6 Å². The Hall–Kier alpha value is -2.47. The van der Waals surface area contributed by atoms with Crippen LogP contribution in [0.15, 0.2) is 30.5 Å². The summed E-state index contributed by atoms with van der Waals surface area (Å²) in [4.78, 5) is 14.6. The second-order valence-electron chi connectivity index (χ2n) is 4.84. The van der Waals surface area contributed by atoms with Gasteiger partial charge in [-0.05, 0) is 44.5 Å². The van der Waals surface area contributed by atoms with Gasteiger partial charge in [-0.25, -0.2) is 4.98 Å². The van der Waals surface area contributed by atoms with E-state index < -0.39 is 11.0 Å². The van der Waals surface area contributed by atoms with E-state index in [1.807, 2.05) is 0 Å². The van der Waals surface area contributed by atoms with Crippen LogP contribution in [0.2, 0.25) is 0 Å². The number of aromatic nitrogens is 1. The van der Waals surface area contributed by atoms with Crippen LogP contribution in [0.5, 0.6) is 11.6 Å². The maximum Gasteiger partial charge on any atom is 0.276 e. The number of hydrogen-bond acceptors (Lipinski definition) is 5. The number of hydrogen-bond donors (Lipinski definition) is 1. The van der Waals surface area contributed by atoms with Gasteiger partial charge in [0.2, 0.25) is 5.88 Å². The first-order valence-electron chi connectivity index (χ1n) is 6.46. The highest BCUT2D eigenvalue weighted by molar-refractivity contribution is 5.51. The van der Waals surface area contributed by atoms with E-state index in [9.17, 15) is 15.2 Å². The molecule has 2 rings (SSSR count). The molecular formula is C15H16N2O4. The van der Waals surface area contributed by atoms with E-state index in [4.69, 9.17) is 4.74 Å². The van der Waals surface area contributed by atoms with Gasteiger partial charge in [0.1, 0.15) is 5.75 Å². The number of aryl methyl sites for hydroxylation is 2. The predicted molar refractivity (Wildman–Crippen MR) is 77.5 cm³/mol. The van der Waals surface area contributed by atoms with Crippen LogP contribution < -0.4 is 4.74 Å². The second kappa shape index (κ2) is 5.88. The lowest BCUT2D eigenvalue weighted by Gasteiger charge is -2.13. The maximum absolute atomic E-state index is 11.0. The summed E-state index contributed by atoms with van der Waals surface area (Å²) < 4.78 is 5.67. The van der Waals surface area contributed by atoms with Crippen molar-refractivity contribution in [2.24, 2.45) is 0 Å². The van der Waals surface area contributed by atoms with Crippen molar-refractivity contribution < 1.29 is 14.8 Å². The molecule has 1 atom stereocenters. The van der Waals surface area contributed by atoms with E-state index in [1.54, 1.807) is 45.2 Å². The Bertz CT molecular complexity index is 683. The SMILES string of the molecule is Cc1cc(C)c([N+](=O)[O-])cc1Oc1ncccc1[C@H](C)O. The first kappa shape index (κ1) is 14.9. The fraction of sp³-hybridized carbons (Fsp3) is 0.267. The van der Waals surface area contributed by atoms with E-state index in [1.165, 1.54) is 6.07 Å². The number of nitro benzene ring substituents is 1. The molecule has 1 heterocycles. The zero-order valence-electron chi connectivity index (χ0n) is 12.0. The largest absolute Gasteiger partial charge is 0.438 e. The van der Waals surface area contributed by atoms with Gasteiger partial charge in [-0.1, -0.05) is 0 Å². The van der Waals surface area contributed by atoms with Gasteiger partial charge in [-0.2, -0.15) is 0 Å². The normalized spacial score (nSPS) is 12.0. The number of benzene rings is 1. The lowest BCUT2D eigenvalue weighted by atomic mass is 10.1. The molecule has 1 aromatic heterocycles. The Morgan fingerprint density at radius 1 is 1.33 bits per heavy atom. The first-order valence-corrected chi connectivity index (χ1v) is 6.46. The fourth-order valence-electron chi connectivity index (χ4n) is 2.04. The van der Waals surface area contributed by atoms with Gasteiger partial charge >= 0.3 is 0 Å².